The van der Waals surface area contributed by atoms with Crippen LogP contribution < -0.4 is 15.1 Å². The van der Waals surface area contributed by atoms with Gasteiger partial charge >= 0.3 is 0 Å². The van der Waals surface area contributed by atoms with E-state index in [4.69, 9.17) is 4.42 Å². The van der Waals surface area contributed by atoms with Gasteiger partial charge in [-0.1, -0.05) is 0 Å². The van der Waals surface area contributed by atoms with Crippen molar-refractivity contribution < 1.29 is 18.0 Å². The van der Waals surface area contributed by atoms with E-state index in [9.17, 15) is 13.6 Å². The van der Waals surface area contributed by atoms with E-state index in [-0.39, 0.29) is 31.8 Å². The number of halogens is 3. The summed E-state index contributed by atoms with van der Waals surface area (Å²) in [4.78, 5) is 17.8. The van der Waals surface area contributed by atoms with Crippen molar-refractivity contribution in [3.63, 3.8) is 0 Å². The molecule has 8 heteroatoms. The molecule has 35 heavy (non-hydrogen) atoms. The predicted octanol–water partition coefficient (Wildman–Crippen LogP) is 6.91. The molecule has 1 aromatic heterocycles. The first-order valence-corrected chi connectivity index (χ1v) is 13.4. The number of nitrogens with zero attached hydrogens (tertiary/aromatic N) is 2. The Balaban J connectivity index is 1.27. The van der Waals surface area contributed by atoms with Crippen LogP contribution in [0.2, 0.25) is 0 Å². The molecule has 2 saturated heterocycles. The molecule has 0 radical (unpaired) electrons. The van der Waals surface area contributed by atoms with E-state index in [1.165, 1.54) is 25.7 Å². The summed E-state index contributed by atoms with van der Waals surface area (Å²) >= 11 is 2.30. The summed E-state index contributed by atoms with van der Waals surface area (Å²) in [6.45, 7) is 2.45. The molecule has 1 aliphatic carbocycles. The second-order valence-electron chi connectivity index (χ2n) is 10.3. The molecule has 0 bridgehead atoms. The van der Waals surface area contributed by atoms with Gasteiger partial charge in [-0.05, 0) is 90.1 Å². The summed E-state index contributed by atoms with van der Waals surface area (Å²) in [5.74, 6) is -2.79. The maximum absolute atomic E-state index is 13.7. The van der Waals surface area contributed by atoms with Crippen LogP contribution in [0, 0.1) is 8.99 Å². The first-order valence-electron chi connectivity index (χ1n) is 12.3. The van der Waals surface area contributed by atoms with Crippen LogP contribution in [0.1, 0.15) is 48.9 Å². The minimum atomic E-state index is -2.63. The Bertz CT molecular complexity index is 1270. The van der Waals surface area contributed by atoms with Crippen LogP contribution >= 0.6 is 22.6 Å². The average Bonchev–Trinajstić information content (AvgIpc) is 3.41. The number of carbonyl (C=O) groups excluding carboxylic acids is 1. The first-order chi connectivity index (χ1) is 16.8. The van der Waals surface area contributed by atoms with Crippen LogP contribution in [0.3, 0.4) is 0 Å². The quantitative estimate of drug-likeness (QED) is 0.336. The van der Waals surface area contributed by atoms with E-state index < -0.39 is 5.92 Å². The SMILES string of the molecule is O=C(Nc1cc(N2CCC(F)(F)CC2)c2occc2c1)c1ccc(I)cc1N1CCC2(CC1)CC2. The minimum absolute atomic E-state index is 0.165. The number of fused-ring (bicyclic) bond motifs is 1. The Kier molecular flexibility index (Phi) is 5.69. The van der Waals surface area contributed by atoms with E-state index >= 15 is 0 Å². The molecule has 1 amide bonds. The molecule has 1 N–H and O–H groups in total. The van der Waals surface area contributed by atoms with Gasteiger partial charge in [0.1, 0.15) is 0 Å². The van der Waals surface area contributed by atoms with Crippen LogP contribution in [-0.4, -0.2) is 38.0 Å². The van der Waals surface area contributed by atoms with E-state index in [1.54, 1.807) is 6.26 Å². The summed E-state index contributed by atoms with van der Waals surface area (Å²) in [7, 11) is 0. The topological polar surface area (TPSA) is 48.7 Å². The number of piperidine rings is 2. The average molecular weight is 591 g/mol. The number of hydrogen-bond donors (Lipinski definition) is 1. The van der Waals surface area contributed by atoms with Crippen molar-refractivity contribution in [2.24, 2.45) is 5.41 Å². The van der Waals surface area contributed by atoms with Gasteiger partial charge in [-0.2, -0.15) is 0 Å². The van der Waals surface area contributed by atoms with Crippen LogP contribution in [0.5, 0.6) is 0 Å². The molecule has 2 aromatic carbocycles. The predicted molar refractivity (Wildman–Crippen MR) is 143 cm³/mol. The Hall–Kier alpha value is -2.36. The van der Waals surface area contributed by atoms with Crippen molar-refractivity contribution in [2.45, 2.75) is 44.4 Å². The zero-order valence-electron chi connectivity index (χ0n) is 19.5. The standard InChI is InChI=1S/C27H28F2IN3O2/c28-27(29)8-12-33(13-9-27)23-17-20(15-18-3-14-35-24(18)23)31-25(34)21-2-1-19(30)16-22(21)32-10-6-26(4-5-26)7-11-32/h1-3,14-17H,4-13H2,(H,31,34). The van der Waals surface area contributed by atoms with Crippen molar-refractivity contribution in [3.05, 3.63) is 51.8 Å². The molecule has 3 heterocycles. The zero-order valence-corrected chi connectivity index (χ0v) is 21.6. The molecule has 3 aromatic rings. The fraction of sp³-hybridized carbons (Fsp3) is 0.444. The van der Waals surface area contributed by atoms with Gasteiger partial charge in [0.05, 0.1) is 23.2 Å². The van der Waals surface area contributed by atoms with Crippen molar-refractivity contribution in [1.82, 2.24) is 0 Å². The Morgan fingerprint density at radius 1 is 0.886 bits per heavy atom. The Morgan fingerprint density at radius 2 is 1.57 bits per heavy atom. The summed E-state index contributed by atoms with van der Waals surface area (Å²) in [6.07, 6.45) is 6.29. The van der Waals surface area contributed by atoms with E-state index in [1.807, 2.05) is 35.2 Å². The second-order valence-corrected chi connectivity index (χ2v) is 11.5. The molecule has 184 valence electrons. The number of alkyl halides is 2. The third-order valence-electron chi connectivity index (χ3n) is 7.95. The normalized spacial score (nSPS) is 20.9. The smallest absolute Gasteiger partial charge is 0.257 e. The van der Waals surface area contributed by atoms with Crippen molar-refractivity contribution in [3.8, 4) is 0 Å². The summed E-state index contributed by atoms with van der Waals surface area (Å²) in [5, 5.41) is 3.92. The monoisotopic (exact) mass is 591 g/mol. The number of amides is 1. The summed E-state index contributed by atoms with van der Waals surface area (Å²) < 4.78 is 34.3. The zero-order chi connectivity index (χ0) is 24.2. The fourth-order valence-corrected chi connectivity index (χ4v) is 5.98. The second kappa shape index (κ2) is 8.64. The molecule has 3 aliphatic rings. The highest BCUT2D eigenvalue weighted by Crippen LogP contribution is 2.54. The summed E-state index contributed by atoms with van der Waals surface area (Å²) in [5.41, 5.74) is 4.24. The van der Waals surface area contributed by atoms with Gasteiger partial charge < -0.3 is 19.5 Å². The van der Waals surface area contributed by atoms with Gasteiger partial charge in [-0.25, -0.2) is 8.78 Å². The summed E-state index contributed by atoms with van der Waals surface area (Å²) in [6, 6.07) is 11.5. The van der Waals surface area contributed by atoms with Gasteiger partial charge in [-0.15, -0.1) is 0 Å². The Morgan fingerprint density at radius 3 is 2.29 bits per heavy atom. The molecule has 6 rings (SSSR count). The van der Waals surface area contributed by atoms with E-state index in [0.717, 1.165) is 33.4 Å². The molecular formula is C27H28F2IN3O2. The molecule has 0 unspecified atom stereocenters. The molecular weight excluding hydrogens is 563 g/mol. The van der Waals surface area contributed by atoms with Crippen molar-refractivity contribution >= 4 is 56.5 Å². The lowest BCUT2D eigenvalue weighted by Crippen LogP contribution is -2.39. The third-order valence-corrected chi connectivity index (χ3v) is 8.62. The van der Waals surface area contributed by atoms with E-state index in [0.29, 0.717) is 22.2 Å². The number of carbonyl (C=O) groups is 1. The van der Waals surface area contributed by atoms with Gasteiger partial charge in [-0.3, -0.25) is 4.79 Å². The lowest BCUT2D eigenvalue weighted by molar-refractivity contribution is -0.0220. The lowest BCUT2D eigenvalue weighted by Gasteiger charge is -2.35. The van der Waals surface area contributed by atoms with Crippen molar-refractivity contribution in [1.29, 1.82) is 0 Å². The minimum Gasteiger partial charge on any atom is -0.462 e. The van der Waals surface area contributed by atoms with Crippen LogP contribution in [0.15, 0.2) is 47.1 Å². The number of nitrogens with one attached hydrogen (secondary N) is 1. The molecule has 1 saturated carbocycles. The molecule has 0 atom stereocenters. The fourth-order valence-electron chi connectivity index (χ4n) is 5.50. The van der Waals surface area contributed by atoms with Gasteiger partial charge in [0.2, 0.25) is 0 Å². The third kappa shape index (κ3) is 4.61. The number of hydrogen-bond acceptors (Lipinski definition) is 4. The number of furan rings is 1. The first kappa shape index (κ1) is 23.1. The maximum Gasteiger partial charge on any atom is 0.257 e. The molecule has 3 fully saturated rings. The van der Waals surface area contributed by atoms with Crippen molar-refractivity contribution in [2.75, 3.05) is 41.3 Å². The maximum atomic E-state index is 13.7. The van der Waals surface area contributed by atoms with Crippen LogP contribution in [0.4, 0.5) is 25.8 Å². The highest BCUT2D eigenvalue weighted by atomic mass is 127. The highest BCUT2D eigenvalue weighted by Gasteiger charge is 2.44. The number of anilines is 3. The molecule has 2 aliphatic heterocycles. The van der Waals surface area contributed by atoms with Gasteiger partial charge in [0.15, 0.2) is 5.58 Å². The van der Waals surface area contributed by atoms with Gasteiger partial charge in [0, 0.05) is 53.7 Å². The van der Waals surface area contributed by atoms with Crippen LogP contribution in [0.25, 0.3) is 11.0 Å². The Labute approximate surface area is 217 Å². The number of rotatable bonds is 4. The largest absolute Gasteiger partial charge is 0.462 e. The number of benzene rings is 2. The molecule has 5 nitrogen and oxygen atoms in total. The van der Waals surface area contributed by atoms with Gasteiger partial charge in [0.25, 0.3) is 11.8 Å². The molecule has 1 spiro atoms. The van der Waals surface area contributed by atoms with Crippen LogP contribution in [-0.2, 0) is 0 Å². The highest BCUT2D eigenvalue weighted by molar-refractivity contribution is 14.1. The lowest BCUT2D eigenvalue weighted by atomic mass is 9.93. The van der Waals surface area contributed by atoms with E-state index in [2.05, 4.69) is 38.9 Å².